The van der Waals surface area contributed by atoms with E-state index in [4.69, 9.17) is 16.1 Å². The van der Waals surface area contributed by atoms with Gasteiger partial charge in [0.2, 0.25) is 17.6 Å². The van der Waals surface area contributed by atoms with E-state index in [1.807, 2.05) is 12.1 Å². The summed E-state index contributed by atoms with van der Waals surface area (Å²) in [6, 6.07) is 7.28. The second kappa shape index (κ2) is 7.15. The van der Waals surface area contributed by atoms with Crippen LogP contribution in [0.2, 0.25) is 5.02 Å². The van der Waals surface area contributed by atoms with Crippen LogP contribution in [0, 0.1) is 0 Å². The number of nitrogens with one attached hydrogen (secondary N) is 1. The van der Waals surface area contributed by atoms with E-state index in [1.165, 1.54) is 0 Å². The van der Waals surface area contributed by atoms with Crippen molar-refractivity contribution in [3.8, 4) is 11.4 Å². The van der Waals surface area contributed by atoms with Crippen LogP contribution in [-0.4, -0.2) is 27.8 Å². The molecule has 2 heterocycles. The molecule has 0 saturated carbocycles. The smallest absolute Gasteiger partial charge is 0.236 e. The van der Waals surface area contributed by atoms with Crippen molar-refractivity contribution in [1.82, 2.24) is 15.5 Å². The summed E-state index contributed by atoms with van der Waals surface area (Å²) < 4.78 is 5.26. The Morgan fingerprint density at radius 1 is 1.32 bits per heavy atom. The number of hydrogen-bond acceptors (Lipinski definition) is 5. The van der Waals surface area contributed by atoms with Gasteiger partial charge in [-0.3, -0.25) is 4.79 Å². The van der Waals surface area contributed by atoms with E-state index < -0.39 is 0 Å². The van der Waals surface area contributed by atoms with Crippen LogP contribution in [-0.2, 0) is 10.5 Å². The van der Waals surface area contributed by atoms with Crippen LogP contribution >= 0.6 is 23.4 Å². The third-order valence-electron chi connectivity index (χ3n) is 3.46. The predicted octanol–water partition coefficient (Wildman–Crippen LogP) is 3.29. The number of thioether (sulfide) groups is 1. The third-order valence-corrected chi connectivity index (χ3v) is 4.98. The van der Waals surface area contributed by atoms with Gasteiger partial charge < -0.3 is 9.84 Å². The summed E-state index contributed by atoms with van der Waals surface area (Å²) >= 11 is 7.42. The minimum atomic E-state index is -0.0339. The van der Waals surface area contributed by atoms with E-state index >= 15 is 0 Å². The lowest BCUT2D eigenvalue weighted by Crippen LogP contribution is -2.30. The van der Waals surface area contributed by atoms with Crippen molar-refractivity contribution in [1.29, 1.82) is 0 Å². The zero-order valence-electron chi connectivity index (χ0n) is 11.9. The SMILES string of the molecule is O=C1NCCCCC1SCc1nc(-c2ccc(Cl)cc2)no1. The van der Waals surface area contributed by atoms with Crippen molar-refractivity contribution in [3.05, 3.63) is 35.2 Å². The van der Waals surface area contributed by atoms with Crippen LogP contribution in [0.4, 0.5) is 0 Å². The van der Waals surface area contributed by atoms with Crippen LogP contribution in [0.5, 0.6) is 0 Å². The highest BCUT2D eigenvalue weighted by atomic mass is 35.5. The van der Waals surface area contributed by atoms with Gasteiger partial charge in [-0.1, -0.05) is 23.2 Å². The number of rotatable bonds is 4. The standard InChI is InChI=1S/C15H16ClN3O2S/c16-11-6-4-10(5-7-11)14-18-13(21-19-14)9-22-12-3-1-2-8-17-15(12)20/h4-7,12H,1-3,8-9H2,(H,17,20). The summed E-state index contributed by atoms with van der Waals surface area (Å²) in [6.07, 6.45) is 3.01. The van der Waals surface area contributed by atoms with Gasteiger partial charge in [-0.15, -0.1) is 11.8 Å². The first-order valence-corrected chi connectivity index (χ1v) is 8.63. The summed E-state index contributed by atoms with van der Waals surface area (Å²) in [6.45, 7) is 0.775. The molecular formula is C15H16ClN3O2S. The number of nitrogens with zero attached hydrogens (tertiary/aromatic N) is 2. The fourth-order valence-corrected chi connectivity index (χ4v) is 3.43. The molecule has 1 saturated heterocycles. The molecule has 7 heteroatoms. The Balaban J connectivity index is 1.62. The molecule has 5 nitrogen and oxygen atoms in total. The fourth-order valence-electron chi connectivity index (χ4n) is 2.27. The van der Waals surface area contributed by atoms with Crippen molar-refractivity contribution in [2.45, 2.75) is 30.3 Å². The molecular weight excluding hydrogens is 322 g/mol. The van der Waals surface area contributed by atoms with E-state index in [2.05, 4.69) is 15.5 Å². The Morgan fingerprint density at radius 2 is 2.14 bits per heavy atom. The van der Waals surface area contributed by atoms with Crippen LogP contribution in [0.3, 0.4) is 0 Å². The molecule has 1 aliphatic heterocycles. The lowest BCUT2D eigenvalue weighted by atomic mass is 10.2. The summed E-state index contributed by atoms with van der Waals surface area (Å²) in [5.74, 6) is 1.73. The van der Waals surface area contributed by atoms with E-state index in [0.717, 1.165) is 31.4 Å². The van der Waals surface area contributed by atoms with Crippen LogP contribution in [0.15, 0.2) is 28.8 Å². The van der Waals surface area contributed by atoms with Gasteiger partial charge in [0.15, 0.2) is 0 Å². The molecule has 3 rings (SSSR count). The number of carbonyl (C=O) groups excluding carboxylic acids is 1. The molecule has 1 unspecified atom stereocenters. The van der Waals surface area contributed by atoms with E-state index in [-0.39, 0.29) is 11.2 Å². The first-order valence-electron chi connectivity index (χ1n) is 7.20. The van der Waals surface area contributed by atoms with Gasteiger partial charge in [-0.05, 0) is 37.1 Å². The number of carbonyl (C=O) groups is 1. The zero-order valence-corrected chi connectivity index (χ0v) is 13.5. The highest BCUT2D eigenvalue weighted by Crippen LogP contribution is 2.25. The Kier molecular flexibility index (Phi) is 5.00. The minimum Gasteiger partial charge on any atom is -0.355 e. The quantitative estimate of drug-likeness (QED) is 0.927. The second-order valence-corrected chi connectivity index (χ2v) is 6.73. The van der Waals surface area contributed by atoms with Gasteiger partial charge in [0.05, 0.1) is 11.0 Å². The van der Waals surface area contributed by atoms with Crippen LogP contribution < -0.4 is 5.32 Å². The number of benzene rings is 1. The summed E-state index contributed by atoms with van der Waals surface area (Å²) in [4.78, 5) is 16.3. The van der Waals surface area contributed by atoms with Gasteiger partial charge >= 0.3 is 0 Å². The monoisotopic (exact) mass is 337 g/mol. The molecule has 1 aromatic carbocycles. The van der Waals surface area contributed by atoms with Gasteiger partial charge in [-0.25, -0.2) is 0 Å². The summed E-state index contributed by atoms with van der Waals surface area (Å²) in [5, 5.41) is 7.54. The molecule has 1 atom stereocenters. The summed E-state index contributed by atoms with van der Waals surface area (Å²) in [5.41, 5.74) is 0.858. The number of amides is 1. The normalized spacial score (nSPS) is 18.8. The maximum Gasteiger partial charge on any atom is 0.236 e. The lowest BCUT2D eigenvalue weighted by molar-refractivity contribution is -0.120. The minimum absolute atomic E-state index is 0.0339. The van der Waals surface area contributed by atoms with Crippen molar-refractivity contribution in [2.75, 3.05) is 6.54 Å². The maximum atomic E-state index is 11.9. The number of hydrogen-bond donors (Lipinski definition) is 1. The molecule has 1 fully saturated rings. The molecule has 1 aliphatic rings. The predicted molar refractivity (Wildman–Crippen MR) is 86.7 cm³/mol. The third kappa shape index (κ3) is 3.81. The van der Waals surface area contributed by atoms with Gasteiger partial charge in [0.1, 0.15) is 0 Å². The highest BCUT2D eigenvalue weighted by molar-refractivity contribution is 7.99. The molecule has 0 aliphatic carbocycles. The van der Waals surface area contributed by atoms with E-state index in [1.54, 1.807) is 23.9 Å². The van der Waals surface area contributed by atoms with Crippen LogP contribution in [0.1, 0.15) is 25.2 Å². The van der Waals surface area contributed by atoms with Crippen molar-refractivity contribution >= 4 is 29.3 Å². The van der Waals surface area contributed by atoms with E-state index in [9.17, 15) is 4.79 Å². The van der Waals surface area contributed by atoms with E-state index in [0.29, 0.717) is 22.5 Å². The average molecular weight is 338 g/mol. The molecule has 0 bridgehead atoms. The molecule has 0 radical (unpaired) electrons. The molecule has 1 aromatic heterocycles. The molecule has 1 N–H and O–H groups in total. The van der Waals surface area contributed by atoms with Gasteiger partial charge in [0, 0.05) is 17.1 Å². The summed E-state index contributed by atoms with van der Waals surface area (Å²) in [7, 11) is 0. The first-order chi connectivity index (χ1) is 10.7. The van der Waals surface area contributed by atoms with Gasteiger partial charge in [0.25, 0.3) is 0 Å². The molecule has 0 spiro atoms. The molecule has 2 aromatic rings. The zero-order chi connectivity index (χ0) is 15.4. The van der Waals surface area contributed by atoms with Crippen LogP contribution in [0.25, 0.3) is 11.4 Å². The maximum absolute atomic E-state index is 11.9. The Labute approximate surface area is 137 Å². The largest absolute Gasteiger partial charge is 0.355 e. The molecule has 1 amide bonds. The topological polar surface area (TPSA) is 68.0 Å². The van der Waals surface area contributed by atoms with Crippen molar-refractivity contribution < 1.29 is 9.32 Å². The number of aromatic nitrogens is 2. The van der Waals surface area contributed by atoms with Gasteiger partial charge in [-0.2, -0.15) is 4.98 Å². The Bertz CT molecular complexity index is 644. The highest BCUT2D eigenvalue weighted by Gasteiger charge is 2.22. The Hall–Kier alpha value is -1.53. The lowest BCUT2D eigenvalue weighted by Gasteiger charge is -2.10. The first kappa shape index (κ1) is 15.4. The number of halogens is 1. The average Bonchev–Trinajstić information content (AvgIpc) is 2.90. The second-order valence-electron chi connectivity index (χ2n) is 5.11. The molecule has 116 valence electrons. The van der Waals surface area contributed by atoms with Crippen molar-refractivity contribution in [2.24, 2.45) is 0 Å². The molecule has 22 heavy (non-hydrogen) atoms. The van der Waals surface area contributed by atoms with Crippen molar-refractivity contribution in [3.63, 3.8) is 0 Å². The fraction of sp³-hybridized carbons (Fsp3) is 0.400. The Morgan fingerprint density at radius 3 is 2.95 bits per heavy atom.